The second-order valence-electron chi connectivity index (χ2n) is 4.13. The molecule has 6 nitrogen and oxygen atoms in total. The molecule has 0 radical (unpaired) electrons. The zero-order valence-electron chi connectivity index (χ0n) is 10.7. The molecule has 1 N–H and O–H groups in total. The molecule has 108 valence electrons. The second-order valence-corrected chi connectivity index (χ2v) is 4.57. The van der Waals surface area contributed by atoms with E-state index in [1.165, 1.54) is 12.1 Å². The number of hydrogen-bond acceptors (Lipinski definition) is 4. The molecule has 0 fully saturated rings. The molecule has 0 saturated carbocycles. The number of nitrogens with zero attached hydrogens (tertiary/aromatic N) is 1. The van der Waals surface area contributed by atoms with Gasteiger partial charge >= 0.3 is 5.97 Å². The van der Waals surface area contributed by atoms with Crippen molar-refractivity contribution in [1.29, 1.82) is 0 Å². The van der Waals surface area contributed by atoms with Gasteiger partial charge in [0, 0.05) is 11.1 Å². The number of benzene rings is 2. The number of rotatable bonds is 5. The smallest absolute Gasteiger partial charge is 0.346 e. The Morgan fingerprint density at radius 1 is 1.29 bits per heavy atom. The van der Waals surface area contributed by atoms with Crippen LogP contribution in [0.3, 0.4) is 0 Å². The van der Waals surface area contributed by atoms with E-state index in [-0.39, 0.29) is 12.4 Å². The third-order valence-corrected chi connectivity index (χ3v) is 2.93. The average molecular weight is 308 g/mol. The van der Waals surface area contributed by atoms with Crippen LogP contribution < -0.4 is 4.74 Å². The van der Waals surface area contributed by atoms with Gasteiger partial charge in [-0.2, -0.15) is 0 Å². The third-order valence-electron chi connectivity index (χ3n) is 2.70. The highest BCUT2D eigenvalue weighted by molar-refractivity contribution is 6.30. The van der Waals surface area contributed by atoms with Crippen molar-refractivity contribution in [2.75, 3.05) is 0 Å². The molecule has 7 heteroatoms. The average Bonchev–Trinajstić information content (AvgIpc) is 2.44. The lowest BCUT2D eigenvalue weighted by molar-refractivity contribution is -0.385. The van der Waals surface area contributed by atoms with Crippen LogP contribution >= 0.6 is 11.6 Å². The molecule has 0 amide bonds. The number of halogens is 1. The molecule has 2 aromatic carbocycles. The number of carboxylic acid groups (broad SMARTS) is 1. The van der Waals surface area contributed by atoms with Gasteiger partial charge in [0.15, 0.2) is 5.56 Å². The molecule has 0 aliphatic carbocycles. The summed E-state index contributed by atoms with van der Waals surface area (Å²) in [6.45, 7) is 0.0575. The lowest BCUT2D eigenvalue weighted by atomic mass is 10.1. The van der Waals surface area contributed by atoms with Gasteiger partial charge in [0.1, 0.15) is 12.4 Å². The van der Waals surface area contributed by atoms with E-state index >= 15 is 0 Å². The van der Waals surface area contributed by atoms with Crippen molar-refractivity contribution in [1.82, 2.24) is 0 Å². The minimum atomic E-state index is -1.41. The van der Waals surface area contributed by atoms with E-state index in [1.54, 1.807) is 24.3 Å². The first kappa shape index (κ1) is 14.8. The van der Waals surface area contributed by atoms with Crippen LogP contribution in [0, 0.1) is 10.1 Å². The van der Waals surface area contributed by atoms with Gasteiger partial charge in [0.05, 0.1) is 4.92 Å². The van der Waals surface area contributed by atoms with Gasteiger partial charge in [-0.15, -0.1) is 0 Å². The fourth-order valence-corrected chi connectivity index (χ4v) is 2.01. The molecule has 0 saturated heterocycles. The van der Waals surface area contributed by atoms with Crippen molar-refractivity contribution in [2.24, 2.45) is 0 Å². The number of nitro groups is 1. The number of hydrogen-bond donors (Lipinski definition) is 1. The van der Waals surface area contributed by atoms with E-state index in [2.05, 4.69) is 0 Å². The van der Waals surface area contributed by atoms with Crippen LogP contribution in [0.5, 0.6) is 5.75 Å². The first-order chi connectivity index (χ1) is 9.99. The molecule has 0 spiro atoms. The lowest BCUT2D eigenvalue weighted by Crippen LogP contribution is -2.07. The SMILES string of the molecule is O=C(O)c1c(OCc2cccc(Cl)c2)cccc1[N+](=O)[O-]. The van der Waals surface area contributed by atoms with Gasteiger partial charge in [-0.1, -0.05) is 29.8 Å². The largest absolute Gasteiger partial charge is 0.488 e. The second kappa shape index (κ2) is 6.23. The fourth-order valence-electron chi connectivity index (χ4n) is 1.79. The zero-order chi connectivity index (χ0) is 15.4. The minimum Gasteiger partial charge on any atom is -0.488 e. The molecular formula is C14H10ClNO5. The summed E-state index contributed by atoms with van der Waals surface area (Å²) >= 11 is 5.84. The van der Waals surface area contributed by atoms with Crippen LogP contribution in [0.15, 0.2) is 42.5 Å². The standard InChI is InChI=1S/C14H10ClNO5/c15-10-4-1-3-9(7-10)8-21-12-6-2-5-11(16(19)20)13(12)14(17)18/h1-7H,8H2,(H,17,18). The highest BCUT2D eigenvalue weighted by atomic mass is 35.5. The molecular weight excluding hydrogens is 298 g/mol. The van der Waals surface area contributed by atoms with Gasteiger partial charge in [0.2, 0.25) is 0 Å². The molecule has 0 aliphatic rings. The number of nitro benzene ring substituents is 1. The molecule has 21 heavy (non-hydrogen) atoms. The molecule has 2 aromatic rings. The maximum absolute atomic E-state index is 11.2. The Hall–Kier alpha value is -2.60. The van der Waals surface area contributed by atoms with E-state index in [0.717, 1.165) is 11.6 Å². The van der Waals surface area contributed by atoms with Gasteiger partial charge < -0.3 is 9.84 Å². The Morgan fingerprint density at radius 2 is 2.00 bits per heavy atom. The predicted octanol–water partition coefficient (Wildman–Crippen LogP) is 3.53. The molecule has 2 rings (SSSR count). The van der Waals surface area contributed by atoms with Crippen molar-refractivity contribution in [2.45, 2.75) is 6.61 Å². The summed E-state index contributed by atoms with van der Waals surface area (Å²) in [7, 11) is 0. The highest BCUT2D eigenvalue weighted by Gasteiger charge is 2.24. The number of ether oxygens (including phenoxy) is 1. The molecule has 0 heterocycles. The zero-order valence-corrected chi connectivity index (χ0v) is 11.4. The Kier molecular flexibility index (Phi) is 4.39. The van der Waals surface area contributed by atoms with Crippen LogP contribution in [-0.4, -0.2) is 16.0 Å². The van der Waals surface area contributed by atoms with Crippen LogP contribution in [-0.2, 0) is 6.61 Å². The summed E-state index contributed by atoms with van der Waals surface area (Å²) in [5.41, 5.74) is -0.249. The monoisotopic (exact) mass is 307 g/mol. The van der Waals surface area contributed by atoms with Crippen molar-refractivity contribution >= 4 is 23.3 Å². The molecule has 0 aromatic heterocycles. The van der Waals surface area contributed by atoms with Crippen molar-refractivity contribution < 1.29 is 19.6 Å². The van der Waals surface area contributed by atoms with E-state index < -0.39 is 22.1 Å². The van der Waals surface area contributed by atoms with E-state index in [0.29, 0.717) is 5.02 Å². The van der Waals surface area contributed by atoms with Gasteiger partial charge in [-0.05, 0) is 23.8 Å². The summed E-state index contributed by atoms with van der Waals surface area (Å²) < 4.78 is 5.39. The first-order valence-corrected chi connectivity index (χ1v) is 6.25. The number of carbonyl (C=O) groups is 1. The Balaban J connectivity index is 2.30. The summed E-state index contributed by atoms with van der Waals surface area (Å²) in [6, 6.07) is 10.7. The number of carboxylic acids is 1. The van der Waals surface area contributed by atoms with Gasteiger partial charge in [-0.25, -0.2) is 4.79 Å². The summed E-state index contributed by atoms with van der Waals surface area (Å²) in [5.74, 6) is -1.47. The van der Waals surface area contributed by atoms with E-state index in [4.69, 9.17) is 21.4 Å². The lowest BCUT2D eigenvalue weighted by Gasteiger charge is -2.09. The summed E-state index contributed by atoms with van der Waals surface area (Å²) in [4.78, 5) is 21.3. The fraction of sp³-hybridized carbons (Fsp3) is 0.0714. The topological polar surface area (TPSA) is 89.7 Å². The van der Waals surface area contributed by atoms with E-state index in [9.17, 15) is 14.9 Å². The van der Waals surface area contributed by atoms with Crippen LogP contribution in [0.4, 0.5) is 5.69 Å². The molecule has 0 aliphatic heterocycles. The van der Waals surface area contributed by atoms with Gasteiger partial charge in [-0.3, -0.25) is 10.1 Å². The Bertz CT molecular complexity index is 702. The predicted molar refractivity (Wildman–Crippen MR) is 75.8 cm³/mol. The Labute approximate surface area is 124 Å². The van der Waals surface area contributed by atoms with Gasteiger partial charge in [0.25, 0.3) is 5.69 Å². The maximum Gasteiger partial charge on any atom is 0.346 e. The van der Waals surface area contributed by atoms with Crippen molar-refractivity contribution in [3.05, 3.63) is 68.7 Å². The van der Waals surface area contributed by atoms with Crippen LogP contribution in [0.25, 0.3) is 0 Å². The Morgan fingerprint density at radius 3 is 2.62 bits per heavy atom. The quantitative estimate of drug-likeness (QED) is 0.674. The summed E-state index contributed by atoms with van der Waals surface area (Å²) in [5, 5.41) is 20.5. The normalized spacial score (nSPS) is 10.1. The van der Waals surface area contributed by atoms with Crippen molar-refractivity contribution in [3.63, 3.8) is 0 Å². The highest BCUT2D eigenvalue weighted by Crippen LogP contribution is 2.29. The van der Waals surface area contributed by atoms with Crippen LogP contribution in [0.1, 0.15) is 15.9 Å². The molecule has 0 bridgehead atoms. The number of aromatic carboxylic acids is 1. The molecule has 0 unspecified atom stereocenters. The van der Waals surface area contributed by atoms with Crippen molar-refractivity contribution in [3.8, 4) is 5.75 Å². The first-order valence-electron chi connectivity index (χ1n) is 5.87. The van der Waals surface area contributed by atoms with E-state index in [1.807, 2.05) is 0 Å². The third kappa shape index (κ3) is 3.49. The van der Waals surface area contributed by atoms with Crippen LogP contribution in [0.2, 0.25) is 5.02 Å². The molecule has 0 atom stereocenters. The maximum atomic E-state index is 11.2. The minimum absolute atomic E-state index is 0.0575. The summed E-state index contributed by atoms with van der Waals surface area (Å²) in [6.07, 6.45) is 0.